The summed E-state index contributed by atoms with van der Waals surface area (Å²) in [7, 11) is 0. The molecule has 2 aromatic carbocycles. The number of anilines is 1. The number of rotatable bonds is 7. The van der Waals surface area contributed by atoms with Gasteiger partial charge in [-0.3, -0.25) is 14.3 Å². The second kappa shape index (κ2) is 14.3. The van der Waals surface area contributed by atoms with E-state index in [0.29, 0.717) is 57.0 Å². The van der Waals surface area contributed by atoms with Gasteiger partial charge in [0.2, 0.25) is 5.91 Å². The number of urea groups is 1. The van der Waals surface area contributed by atoms with E-state index in [4.69, 9.17) is 5.73 Å². The Bertz CT molecular complexity index is 1710. The summed E-state index contributed by atoms with van der Waals surface area (Å²) in [5, 5.41) is 3.07. The quantitative estimate of drug-likeness (QED) is 0.209. The highest BCUT2D eigenvalue weighted by molar-refractivity contribution is 9.11. The lowest BCUT2D eigenvalue weighted by Crippen LogP contribution is -2.55. The van der Waals surface area contributed by atoms with Crippen LogP contribution in [0, 0.1) is 0 Å². The number of carbonyl (C=O) groups is 2. The van der Waals surface area contributed by atoms with Crippen LogP contribution >= 0.6 is 31.9 Å². The predicted octanol–water partition coefficient (Wildman–Crippen LogP) is 5.71. The number of aromatic nitrogens is 3. The van der Waals surface area contributed by atoms with Crippen molar-refractivity contribution in [3.63, 3.8) is 0 Å². The third kappa shape index (κ3) is 7.23. The van der Waals surface area contributed by atoms with E-state index in [9.17, 15) is 14.4 Å². The molecule has 0 unspecified atom stereocenters. The number of aromatic amines is 1. The molecule has 2 saturated heterocycles. The lowest BCUT2D eigenvalue weighted by atomic mass is 9.89. The van der Waals surface area contributed by atoms with Crippen molar-refractivity contribution in [2.45, 2.75) is 50.1 Å². The highest BCUT2D eigenvalue weighted by atomic mass is 79.9. The Labute approximate surface area is 284 Å². The number of nitrogen functional groups attached to an aromatic ring is 1. The molecule has 2 aliphatic heterocycles. The summed E-state index contributed by atoms with van der Waals surface area (Å²) in [5.74, 6) is 0.287. The molecule has 4 N–H and O–H groups in total. The van der Waals surface area contributed by atoms with Gasteiger partial charge in [-0.25, -0.2) is 9.59 Å². The Morgan fingerprint density at radius 3 is 2.22 bits per heavy atom. The Morgan fingerprint density at radius 2 is 1.57 bits per heavy atom. The largest absolute Gasteiger partial charge is 0.397 e. The van der Waals surface area contributed by atoms with Crippen molar-refractivity contribution in [1.29, 1.82) is 0 Å². The van der Waals surface area contributed by atoms with Crippen molar-refractivity contribution in [3.05, 3.63) is 104 Å². The fourth-order valence-electron chi connectivity index (χ4n) is 6.51. The second-order valence-corrected chi connectivity index (χ2v) is 13.7. The standard InChI is InChI=1S/C34H37Br2N7O3/c35-27-18-22(19-28(36)31(27)37)20-29(32(44)41-14-8-24(9-15-41)23-6-12-38-13-7-23)39-33(45)42-16-10-26(11-17-42)43-21-30(40-34(43)46)25-4-2-1-3-5-25/h1-7,12-13,18-19,21,24,26,29H,8-11,14-17,20,37H2,(H,39,45)(H,40,46)/t29-/m1/s1. The first-order valence-corrected chi connectivity index (χ1v) is 17.2. The summed E-state index contributed by atoms with van der Waals surface area (Å²) >= 11 is 7.02. The number of nitrogens with two attached hydrogens (primary N) is 1. The summed E-state index contributed by atoms with van der Waals surface area (Å²) in [6, 6.07) is 16.6. The molecule has 0 bridgehead atoms. The zero-order chi connectivity index (χ0) is 32.2. The average Bonchev–Trinajstić information content (AvgIpc) is 3.48. The summed E-state index contributed by atoms with van der Waals surface area (Å²) < 4.78 is 3.20. The van der Waals surface area contributed by atoms with E-state index in [1.54, 1.807) is 9.47 Å². The van der Waals surface area contributed by atoms with Crippen LogP contribution in [0.5, 0.6) is 0 Å². The Hall–Kier alpha value is -3.90. The number of hydrogen-bond acceptors (Lipinski definition) is 5. The van der Waals surface area contributed by atoms with Crippen LogP contribution < -0.4 is 16.7 Å². The van der Waals surface area contributed by atoms with Gasteiger partial charge in [0.05, 0.1) is 11.4 Å². The number of amides is 3. The van der Waals surface area contributed by atoms with Gasteiger partial charge in [0, 0.05) is 66.2 Å². The molecule has 2 aromatic heterocycles. The molecule has 10 nitrogen and oxygen atoms in total. The molecular weight excluding hydrogens is 714 g/mol. The molecule has 1 atom stereocenters. The number of nitrogens with zero attached hydrogens (tertiary/aromatic N) is 4. The summed E-state index contributed by atoms with van der Waals surface area (Å²) in [5.41, 5.74) is 10.4. The fraction of sp³-hybridized carbons (Fsp3) is 0.353. The first kappa shape index (κ1) is 32.1. The topological polar surface area (TPSA) is 129 Å². The zero-order valence-electron chi connectivity index (χ0n) is 25.4. The minimum atomic E-state index is -0.745. The van der Waals surface area contributed by atoms with Crippen LogP contribution in [0.2, 0.25) is 0 Å². The van der Waals surface area contributed by atoms with E-state index >= 15 is 0 Å². The van der Waals surface area contributed by atoms with Crippen molar-refractivity contribution in [2.75, 3.05) is 31.9 Å². The Kier molecular flexibility index (Phi) is 9.93. The normalized spacial score (nSPS) is 16.7. The van der Waals surface area contributed by atoms with Gasteiger partial charge in [0.1, 0.15) is 6.04 Å². The van der Waals surface area contributed by atoms with Gasteiger partial charge < -0.3 is 25.8 Å². The van der Waals surface area contributed by atoms with Crippen LogP contribution in [0.1, 0.15) is 48.8 Å². The first-order chi connectivity index (χ1) is 22.3. The van der Waals surface area contributed by atoms with Crippen LogP contribution in [-0.2, 0) is 11.2 Å². The average molecular weight is 752 g/mol. The van der Waals surface area contributed by atoms with Gasteiger partial charge in [0.15, 0.2) is 0 Å². The van der Waals surface area contributed by atoms with Gasteiger partial charge >= 0.3 is 11.7 Å². The third-order valence-corrected chi connectivity index (χ3v) is 10.4. The van der Waals surface area contributed by atoms with Crippen LogP contribution in [0.25, 0.3) is 11.3 Å². The van der Waals surface area contributed by atoms with Crippen LogP contribution in [0.15, 0.2) is 86.9 Å². The predicted molar refractivity (Wildman–Crippen MR) is 185 cm³/mol. The van der Waals surface area contributed by atoms with Gasteiger partial charge in [-0.05, 0) is 104 Å². The number of nitrogens with one attached hydrogen (secondary N) is 2. The molecule has 2 aliphatic rings. The molecule has 12 heteroatoms. The van der Waals surface area contributed by atoms with Crippen molar-refractivity contribution in [2.24, 2.45) is 0 Å². The minimum absolute atomic E-state index is 0.0196. The SMILES string of the molecule is Nc1c(Br)cc(C[C@@H](NC(=O)N2CCC(n3cc(-c4ccccc4)[nH]c3=O)CC2)C(=O)N2CCC(c3ccncc3)CC2)cc1Br. The molecule has 3 amide bonds. The number of likely N-dealkylation sites (tertiary alicyclic amines) is 2. The highest BCUT2D eigenvalue weighted by Gasteiger charge is 2.33. The lowest BCUT2D eigenvalue weighted by molar-refractivity contribution is -0.134. The van der Waals surface area contributed by atoms with E-state index in [1.165, 1.54) is 5.56 Å². The minimum Gasteiger partial charge on any atom is -0.397 e. The van der Waals surface area contributed by atoms with E-state index in [-0.39, 0.29) is 23.7 Å². The maximum Gasteiger partial charge on any atom is 0.326 e. The maximum absolute atomic E-state index is 14.0. The molecular formula is C34H37Br2N7O3. The third-order valence-electron chi connectivity index (χ3n) is 9.13. The first-order valence-electron chi connectivity index (χ1n) is 15.6. The molecule has 0 aliphatic carbocycles. The molecule has 4 aromatic rings. The summed E-state index contributed by atoms with van der Waals surface area (Å²) in [4.78, 5) is 51.1. The van der Waals surface area contributed by atoms with Gasteiger partial charge in [-0.1, -0.05) is 30.3 Å². The zero-order valence-corrected chi connectivity index (χ0v) is 28.5. The second-order valence-electron chi connectivity index (χ2n) is 12.0. The molecule has 0 spiro atoms. The summed E-state index contributed by atoms with van der Waals surface area (Å²) in [6.45, 7) is 2.20. The van der Waals surface area contributed by atoms with Crippen molar-refractivity contribution in [1.82, 2.24) is 29.7 Å². The maximum atomic E-state index is 14.0. The van der Waals surface area contributed by atoms with Gasteiger partial charge in [0.25, 0.3) is 0 Å². The number of benzene rings is 2. The van der Waals surface area contributed by atoms with E-state index in [1.807, 2.05) is 78.1 Å². The van der Waals surface area contributed by atoms with Gasteiger partial charge in [-0.2, -0.15) is 0 Å². The molecule has 0 radical (unpaired) electrons. The molecule has 2 fully saturated rings. The Morgan fingerprint density at radius 1 is 0.935 bits per heavy atom. The number of pyridine rings is 1. The van der Waals surface area contributed by atoms with Crippen LogP contribution in [0.4, 0.5) is 10.5 Å². The number of H-pyrrole nitrogens is 1. The molecule has 46 heavy (non-hydrogen) atoms. The Balaban J connectivity index is 1.12. The number of imidazole rings is 1. The molecule has 4 heterocycles. The van der Waals surface area contributed by atoms with Crippen molar-refractivity contribution in [3.8, 4) is 11.3 Å². The van der Waals surface area contributed by atoms with Crippen LogP contribution in [-0.4, -0.2) is 68.5 Å². The molecule has 240 valence electrons. The number of hydrogen-bond donors (Lipinski definition) is 3. The number of carbonyl (C=O) groups excluding carboxylic acids is 2. The van der Waals surface area contributed by atoms with E-state index < -0.39 is 6.04 Å². The van der Waals surface area contributed by atoms with Gasteiger partial charge in [-0.15, -0.1) is 0 Å². The van der Waals surface area contributed by atoms with E-state index in [2.05, 4.69) is 47.1 Å². The molecule has 0 saturated carbocycles. The number of piperidine rings is 2. The fourth-order valence-corrected chi connectivity index (χ4v) is 7.79. The number of halogens is 2. The highest BCUT2D eigenvalue weighted by Crippen LogP contribution is 2.31. The lowest BCUT2D eigenvalue weighted by Gasteiger charge is -2.36. The van der Waals surface area contributed by atoms with Crippen molar-refractivity contribution >= 4 is 49.5 Å². The van der Waals surface area contributed by atoms with E-state index in [0.717, 1.165) is 38.6 Å². The van der Waals surface area contributed by atoms with Crippen molar-refractivity contribution < 1.29 is 9.59 Å². The molecule has 6 rings (SSSR count). The van der Waals surface area contributed by atoms with Crippen LogP contribution in [0.3, 0.4) is 0 Å². The smallest absolute Gasteiger partial charge is 0.326 e. The summed E-state index contributed by atoms with van der Waals surface area (Å²) in [6.07, 6.45) is 8.79. The monoisotopic (exact) mass is 749 g/mol.